The Bertz CT molecular complexity index is 713. The fourth-order valence-corrected chi connectivity index (χ4v) is 4.21. The van der Waals surface area contributed by atoms with Gasteiger partial charge in [0.15, 0.2) is 4.34 Å². The molecule has 0 saturated heterocycles. The normalized spacial score (nSPS) is 15.1. The molecule has 0 amide bonds. The van der Waals surface area contributed by atoms with Crippen LogP contribution in [0.5, 0.6) is 0 Å². The third kappa shape index (κ3) is 4.69. The van der Waals surface area contributed by atoms with E-state index in [-0.39, 0.29) is 5.30 Å². The summed E-state index contributed by atoms with van der Waals surface area (Å²) in [6.07, 6.45) is 3.29. The van der Waals surface area contributed by atoms with Crippen molar-refractivity contribution >= 4 is 34.0 Å². The smallest absolute Gasteiger partial charge is 0.374 e. The van der Waals surface area contributed by atoms with Crippen LogP contribution in [-0.2, 0) is 11.3 Å². The Hall–Kier alpha value is -1.63. The summed E-state index contributed by atoms with van der Waals surface area (Å²) in [4.78, 5) is 18.6. The summed E-state index contributed by atoms with van der Waals surface area (Å²) in [7, 11) is 0. The number of aromatic nitrogens is 1. The molecular weight excluding hydrogens is 340 g/mol. The van der Waals surface area contributed by atoms with Gasteiger partial charge in [0, 0.05) is 36.8 Å². The molecule has 1 aromatic carbocycles. The molecule has 4 nitrogen and oxygen atoms in total. The number of carbonyl (C=O) groups excluding carboxylic acids is 1. The zero-order valence-corrected chi connectivity index (χ0v) is 15.2. The standard InChI is InChI=1S/C18H20N2O2S2/c1-2-22-18(21)24-17-19-16(13-23-17)15-9-6-10-20(12-15)11-14-7-4-3-5-8-14/h3-5,7-9,13H,2,6,10-12H2,1H3. The van der Waals surface area contributed by atoms with Crippen molar-refractivity contribution in [1.82, 2.24) is 9.88 Å². The molecule has 0 saturated carbocycles. The Morgan fingerprint density at radius 1 is 1.38 bits per heavy atom. The molecule has 1 aromatic heterocycles. The number of rotatable bonds is 5. The summed E-state index contributed by atoms with van der Waals surface area (Å²) < 4.78 is 5.69. The molecule has 3 rings (SSSR count). The monoisotopic (exact) mass is 360 g/mol. The molecule has 0 bridgehead atoms. The first kappa shape index (κ1) is 17.2. The Morgan fingerprint density at radius 3 is 3.00 bits per heavy atom. The van der Waals surface area contributed by atoms with Crippen molar-refractivity contribution in [2.45, 2.75) is 24.2 Å². The maximum Gasteiger partial charge on any atom is 0.374 e. The molecule has 0 aliphatic carbocycles. The summed E-state index contributed by atoms with van der Waals surface area (Å²) in [5.74, 6) is 0. The lowest BCUT2D eigenvalue weighted by Crippen LogP contribution is -2.29. The van der Waals surface area contributed by atoms with Crippen molar-refractivity contribution in [3.8, 4) is 0 Å². The van der Waals surface area contributed by atoms with Gasteiger partial charge in [0.25, 0.3) is 0 Å². The Morgan fingerprint density at radius 2 is 2.21 bits per heavy atom. The van der Waals surface area contributed by atoms with Crippen molar-refractivity contribution in [2.75, 3.05) is 19.7 Å². The number of carbonyl (C=O) groups is 1. The number of hydrogen-bond acceptors (Lipinski definition) is 6. The van der Waals surface area contributed by atoms with Gasteiger partial charge >= 0.3 is 5.30 Å². The van der Waals surface area contributed by atoms with E-state index in [1.807, 2.05) is 11.4 Å². The van der Waals surface area contributed by atoms with E-state index in [4.69, 9.17) is 4.74 Å². The zero-order chi connectivity index (χ0) is 16.8. The van der Waals surface area contributed by atoms with Gasteiger partial charge in [0.1, 0.15) is 0 Å². The minimum atomic E-state index is -0.290. The molecule has 0 unspecified atom stereocenters. The van der Waals surface area contributed by atoms with E-state index < -0.39 is 0 Å². The molecule has 2 heterocycles. The first-order chi connectivity index (χ1) is 11.7. The van der Waals surface area contributed by atoms with E-state index in [9.17, 15) is 4.79 Å². The Labute approximate surface area is 150 Å². The van der Waals surface area contributed by atoms with E-state index >= 15 is 0 Å². The van der Waals surface area contributed by atoms with Gasteiger partial charge in [0.2, 0.25) is 0 Å². The number of thioether (sulfide) groups is 1. The SMILES string of the molecule is CCOC(=O)Sc1nc(C2=CCCN(Cc3ccccc3)C2)cs1. The molecule has 24 heavy (non-hydrogen) atoms. The quantitative estimate of drug-likeness (QED) is 0.572. The highest BCUT2D eigenvalue weighted by Gasteiger charge is 2.17. The minimum Gasteiger partial charge on any atom is -0.458 e. The molecule has 126 valence electrons. The second-order valence-electron chi connectivity index (χ2n) is 5.50. The predicted molar refractivity (Wildman–Crippen MR) is 99.3 cm³/mol. The molecule has 1 aliphatic rings. The second kappa shape index (κ2) is 8.46. The van der Waals surface area contributed by atoms with Gasteiger partial charge in [-0.1, -0.05) is 36.4 Å². The van der Waals surface area contributed by atoms with Crippen LogP contribution in [0.4, 0.5) is 4.79 Å². The van der Waals surface area contributed by atoms with E-state index in [0.29, 0.717) is 6.61 Å². The summed E-state index contributed by atoms with van der Waals surface area (Å²) in [6, 6.07) is 10.5. The highest BCUT2D eigenvalue weighted by Crippen LogP contribution is 2.29. The van der Waals surface area contributed by atoms with Gasteiger partial charge in [-0.3, -0.25) is 4.90 Å². The number of thiazole rings is 1. The van der Waals surface area contributed by atoms with Crippen molar-refractivity contribution in [2.24, 2.45) is 0 Å². The average Bonchev–Trinajstić information content (AvgIpc) is 3.05. The first-order valence-corrected chi connectivity index (χ1v) is 9.70. The Kier molecular flexibility index (Phi) is 6.07. The third-order valence-electron chi connectivity index (χ3n) is 3.72. The van der Waals surface area contributed by atoms with E-state index in [1.54, 1.807) is 6.92 Å². The van der Waals surface area contributed by atoms with E-state index in [0.717, 1.165) is 47.9 Å². The molecular formula is C18H20N2O2S2. The Balaban J connectivity index is 1.61. The van der Waals surface area contributed by atoms with Crippen LogP contribution in [0.3, 0.4) is 0 Å². The topological polar surface area (TPSA) is 42.4 Å². The van der Waals surface area contributed by atoms with Crippen molar-refractivity contribution in [3.05, 3.63) is 53.0 Å². The lowest BCUT2D eigenvalue weighted by molar-refractivity contribution is 0.181. The highest BCUT2D eigenvalue weighted by molar-refractivity contribution is 8.14. The van der Waals surface area contributed by atoms with Gasteiger partial charge in [-0.05, 0) is 24.5 Å². The van der Waals surface area contributed by atoms with Crippen LogP contribution >= 0.6 is 23.1 Å². The van der Waals surface area contributed by atoms with Crippen LogP contribution in [0.15, 0.2) is 46.1 Å². The number of hydrogen-bond donors (Lipinski definition) is 0. The van der Waals surface area contributed by atoms with Crippen LogP contribution in [0.1, 0.15) is 24.6 Å². The molecule has 6 heteroatoms. The van der Waals surface area contributed by atoms with E-state index in [1.165, 1.54) is 22.5 Å². The number of ether oxygens (including phenoxy) is 1. The highest BCUT2D eigenvalue weighted by atomic mass is 32.2. The molecule has 1 aliphatic heterocycles. The lowest BCUT2D eigenvalue weighted by atomic mass is 10.1. The van der Waals surface area contributed by atoms with Gasteiger partial charge in [-0.2, -0.15) is 0 Å². The van der Waals surface area contributed by atoms with Crippen molar-refractivity contribution in [1.29, 1.82) is 0 Å². The summed E-state index contributed by atoms with van der Waals surface area (Å²) in [5.41, 5.74) is 3.55. The molecule has 0 fully saturated rings. The van der Waals surface area contributed by atoms with Crippen LogP contribution in [0.2, 0.25) is 0 Å². The van der Waals surface area contributed by atoms with Gasteiger partial charge in [0.05, 0.1) is 12.3 Å². The van der Waals surface area contributed by atoms with Crippen molar-refractivity contribution in [3.63, 3.8) is 0 Å². The second-order valence-corrected chi connectivity index (χ2v) is 7.54. The summed E-state index contributed by atoms with van der Waals surface area (Å²) in [5, 5.41) is 1.74. The number of nitrogens with zero attached hydrogens (tertiary/aromatic N) is 2. The molecule has 0 N–H and O–H groups in total. The number of benzene rings is 1. The molecule has 2 aromatic rings. The van der Waals surface area contributed by atoms with Crippen LogP contribution in [0.25, 0.3) is 5.57 Å². The first-order valence-electron chi connectivity index (χ1n) is 8.00. The maximum atomic E-state index is 11.5. The van der Waals surface area contributed by atoms with Crippen molar-refractivity contribution < 1.29 is 9.53 Å². The van der Waals surface area contributed by atoms with Gasteiger partial charge in [-0.15, -0.1) is 11.3 Å². The lowest BCUT2D eigenvalue weighted by Gasteiger charge is -2.26. The van der Waals surface area contributed by atoms with Gasteiger partial charge < -0.3 is 4.74 Å². The van der Waals surface area contributed by atoms with Crippen LogP contribution < -0.4 is 0 Å². The molecule has 0 spiro atoms. The fourth-order valence-electron chi connectivity index (χ4n) is 2.64. The zero-order valence-electron chi connectivity index (χ0n) is 13.6. The predicted octanol–water partition coefficient (Wildman–Crippen LogP) is 4.68. The fraction of sp³-hybridized carbons (Fsp3) is 0.333. The minimum absolute atomic E-state index is 0.290. The average molecular weight is 361 g/mol. The third-order valence-corrected chi connectivity index (χ3v) is 5.45. The van der Waals surface area contributed by atoms with Crippen LogP contribution in [-0.4, -0.2) is 34.9 Å². The van der Waals surface area contributed by atoms with Gasteiger partial charge in [-0.25, -0.2) is 9.78 Å². The van der Waals surface area contributed by atoms with E-state index in [2.05, 4.69) is 40.2 Å². The summed E-state index contributed by atoms with van der Waals surface area (Å²) in [6.45, 7) is 5.10. The largest absolute Gasteiger partial charge is 0.458 e. The molecule has 0 atom stereocenters. The maximum absolute atomic E-state index is 11.5. The molecule has 0 radical (unpaired) electrons. The van der Waals surface area contributed by atoms with Crippen LogP contribution in [0, 0.1) is 0 Å². The summed E-state index contributed by atoms with van der Waals surface area (Å²) >= 11 is 2.56.